The third-order valence-electron chi connectivity index (χ3n) is 13.3. The van der Waals surface area contributed by atoms with Crippen LogP contribution in [-0.2, 0) is 0 Å². The van der Waals surface area contributed by atoms with Crippen molar-refractivity contribution in [3.63, 3.8) is 0 Å². The van der Waals surface area contributed by atoms with Gasteiger partial charge in [-0.2, -0.15) is 0 Å². The highest BCUT2D eigenvalue weighted by Crippen LogP contribution is 2.37. The molecular weight excluding hydrogens is 1090 g/mol. The lowest BCUT2D eigenvalue weighted by Gasteiger charge is -2.19. The van der Waals surface area contributed by atoms with E-state index in [1.807, 2.05) is 93.6 Å². The lowest BCUT2D eigenvalue weighted by Crippen LogP contribution is -2.11. The Labute approximate surface area is 476 Å². The number of hydrogen-bond donors (Lipinski definition) is 5. The van der Waals surface area contributed by atoms with Crippen molar-refractivity contribution < 1.29 is 13.2 Å². The first kappa shape index (κ1) is 53.9. The van der Waals surface area contributed by atoms with Crippen LogP contribution in [0.25, 0.3) is 88.8 Å². The van der Waals surface area contributed by atoms with Crippen LogP contribution in [-0.4, -0.2) is 54.8 Å². The van der Waals surface area contributed by atoms with Gasteiger partial charge in [0.2, 0.25) is 0 Å². The van der Waals surface area contributed by atoms with Gasteiger partial charge in [0.05, 0.1) is 73.4 Å². The van der Waals surface area contributed by atoms with Gasteiger partial charge in [0, 0.05) is 50.0 Å². The van der Waals surface area contributed by atoms with Crippen molar-refractivity contribution in [1.29, 1.82) is 0 Å². The quantitative estimate of drug-likeness (QED) is 0.0870. The van der Waals surface area contributed by atoms with Gasteiger partial charge in [-0.3, -0.25) is 0 Å². The highest BCUT2D eigenvalue weighted by atomic mass is 35.5. The molecule has 402 valence electrons. The molecule has 0 saturated carbocycles. The molecule has 0 spiro atoms. The number of nitrogens with two attached hydrogens (primary N) is 1. The van der Waals surface area contributed by atoms with Gasteiger partial charge in [-0.1, -0.05) is 108 Å². The second kappa shape index (κ2) is 23.3. The van der Waals surface area contributed by atoms with Crippen LogP contribution in [0.1, 0.15) is 55.6 Å². The van der Waals surface area contributed by atoms with E-state index in [0.29, 0.717) is 99.4 Å². The zero-order chi connectivity index (χ0) is 56.3. The highest BCUT2D eigenvalue weighted by Gasteiger charge is 2.21. The first-order valence-corrected chi connectivity index (χ1v) is 26.5. The van der Waals surface area contributed by atoms with E-state index in [1.165, 1.54) is 49.1 Å². The summed E-state index contributed by atoms with van der Waals surface area (Å²) in [5.41, 5.74) is 17.4. The molecule has 13 aromatic rings. The molecule has 7 aromatic heterocycles. The largest absolute Gasteiger partial charge is 0.362 e. The standard InChI is InChI=1S/2C22H16ClFN6.C17H14ClFN2/c2*1-12(29-22-20-21(26-10-25-20)27-11-28-22)16-9-14-5-3-7-17(23)19(14)30-18(16)13-4-2-6-15(24)8-13;1-10(20)14-9-12-5-3-7-15(18)17(12)21-16(14)11-4-2-6-13(19)8-11/h2*2-12H,1H3,(H2,25,26,27,28,29);2-10H,20H2,1H3/t2*12-;/m10./s1. The van der Waals surface area contributed by atoms with Crippen LogP contribution in [0.2, 0.25) is 15.1 Å². The van der Waals surface area contributed by atoms with Crippen molar-refractivity contribution in [3.8, 4) is 33.8 Å². The average Bonchev–Trinajstić information content (AvgIpc) is 4.29. The SMILES string of the molecule is CC(N)c1cc2cccc(Cl)c2nc1-c1cccc(F)c1.C[C@@H](Nc1ncnc2nc[nH]c12)c1cc2cccc(Cl)c2nc1-c1cccc(F)c1.C[C@H](Nc1ncnc2nc[nH]c12)c1cc2cccc(Cl)c2nc1-c1cccc(F)c1. The van der Waals surface area contributed by atoms with Crippen LogP contribution >= 0.6 is 34.8 Å². The Balaban J connectivity index is 0.000000130. The van der Waals surface area contributed by atoms with E-state index in [1.54, 1.807) is 49.1 Å². The number of aromatic nitrogens is 11. The molecular formula is C61H46Cl3F3N14. The van der Waals surface area contributed by atoms with E-state index in [0.717, 1.165) is 32.8 Å². The van der Waals surface area contributed by atoms with Gasteiger partial charge in [-0.15, -0.1) is 0 Å². The summed E-state index contributed by atoms with van der Waals surface area (Å²) in [5, 5.41) is 11.2. The van der Waals surface area contributed by atoms with Crippen molar-refractivity contribution in [2.24, 2.45) is 5.73 Å². The molecule has 0 bridgehead atoms. The first-order valence-electron chi connectivity index (χ1n) is 25.4. The zero-order valence-electron chi connectivity index (χ0n) is 43.3. The molecule has 0 amide bonds. The van der Waals surface area contributed by atoms with Gasteiger partial charge < -0.3 is 26.3 Å². The molecule has 0 aliphatic heterocycles. The van der Waals surface area contributed by atoms with Crippen molar-refractivity contribution in [1.82, 2.24) is 54.8 Å². The fourth-order valence-electron chi connectivity index (χ4n) is 9.46. The third kappa shape index (κ3) is 11.5. The maximum atomic E-state index is 14.0. The summed E-state index contributed by atoms with van der Waals surface area (Å²) in [6, 6.07) is 41.4. The molecule has 0 radical (unpaired) electrons. The Morgan fingerprint density at radius 2 is 0.778 bits per heavy atom. The molecule has 0 fully saturated rings. The number of H-pyrrole nitrogens is 2. The molecule has 1 unspecified atom stereocenters. The summed E-state index contributed by atoms with van der Waals surface area (Å²) >= 11 is 19.0. The maximum absolute atomic E-state index is 14.0. The molecule has 6 aromatic carbocycles. The minimum atomic E-state index is -0.324. The molecule has 0 aliphatic rings. The number of pyridine rings is 3. The van der Waals surface area contributed by atoms with E-state index in [9.17, 15) is 13.2 Å². The summed E-state index contributed by atoms with van der Waals surface area (Å²) in [5.74, 6) is 0.303. The van der Waals surface area contributed by atoms with Crippen LogP contribution in [0.15, 0.2) is 171 Å². The van der Waals surface area contributed by atoms with Gasteiger partial charge >= 0.3 is 0 Å². The number of nitrogens with one attached hydrogen (secondary N) is 4. The number of para-hydroxylation sites is 3. The molecule has 0 saturated heterocycles. The third-order valence-corrected chi connectivity index (χ3v) is 14.3. The molecule has 3 atom stereocenters. The number of anilines is 2. The minimum Gasteiger partial charge on any atom is -0.362 e. The number of aromatic amines is 2. The normalized spacial score (nSPS) is 12.4. The number of nitrogens with zero attached hydrogens (tertiary/aromatic N) is 9. The second-order valence-electron chi connectivity index (χ2n) is 18.9. The number of rotatable bonds is 10. The lowest BCUT2D eigenvalue weighted by atomic mass is 9.98. The predicted octanol–water partition coefficient (Wildman–Crippen LogP) is 15.8. The Kier molecular flexibility index (Phi) is 15.5. The van der Waals surface area contributed by atoms with Gasteiger partial charge in [0.15, 0.2) is 22.9 Å². The summed E-state index contributed by atoms with van der Waals surface area (Å²) < 4.78 is 41.4. The number of fused-ring (bicyclic) bond motifs is 5. The van der Waals surface area contributed by atoms with E-state index in [-0.39, 0.29) is 35.6 Å². The molecule has 0 aliphatic carbocycles. The monoisotopic (exact) mass is 1140 g/mol. The summed E-state index contributed by atoms with van der Waals surface area (Å²) in [4.78, 5) is 45.7. The predicted molar refractivity (Wildman–Crippen MR) is 316 cm³/mol. The van der Waals surface area contributed by atoms with Gasteiger partial charge in [-0.25, -0.2) is 58.0 Å². The van der Waals surface area contributed by atoms with E-state index >= 15 is 0 Å². The van der Waals surface area contributed by atoms with Gasteiger partial charge in [0.25, 0.3) is 0 Å². The first-order chi connectivity index (χ1) is 39.3. The van der Waals surface area contributed by atoms with Crippen LogP contribution in [0.5, 0.6) is 0 Å². The summed E-state index contributed by atoms with van der Waals surface area (Å²) in [6.07, 6.45) is 6.08. The average molecular weight is 1140 g/mol. The summed E-state index contributed by atoms with van der Waals surface area (Å²) in [7, 11) is 0. The Bertz CT molecular complexity index is 4250. The van der Waals surface area contributed by atoms with E-state index in [4.69, 9.17) is 50.5 Å². The minimum absolute atomic E-state index is 0.194. The molecule has 6 N–H and O–H groups in total. The number of benzene rings is 6. The maximum Gasteiger partial charge on any atom is 0.182 e. The van der Waals surface area contributed by atoms with E-state index in [2.05, 4.69) is 55.5 Å². The van der Waals surface area contributed by atoms with Crippen molar-refractivity contribution in [2.45, 2.75) is 38.9 Å². The number of halogens is 6. The Morgan fingerprint density at radius 3 is 1.14 bits per heavy atom. The van der Waals surface area contributed by atoms with Crippen molar-refractivity contribution >= 4 is 101 Å². The lowest BCUT2D eigenvalue weighted by molar-refractivity contribution is 0.628. The van der Waals surface area contributed by atoms with Gasteiger partial charge in [0.1, 0.15) is 41.1 Å². The number of hydrogen-bond acceptors (Lipinski definition) is 12. The fourth-order valence-corrected chi connectivity index (χ4v) is 10.1. The zero-order valence-corrected chi connectivity index (χ0v) is 45.5. The van der Waals surface area contributed by atoms with Crippen LogP contribution in [0, 0.1) is 17.5 Å². The van der Waals surface area contributed by atoms with Crippen molar-refractivity contribution in [3.05, 3.63) is 220 Å². The number of imidazole rings is 2. The Morgan fingerprint density at radius 1 is 0.432 bits per heavy atom. The van der Waals surface area contributed by atoms with E-state index < -0.39 is 0 Å². The molecule has 81 heavy (non-hydrogen) atoms. The summed E-state index contributed by atoms with van der Waals surface area (Å²) in [6.45, 7) is 5.89. The van der Waals surface area contributed by atoms with Crippen molar-refractivity contribution in [2.75, 3.05) is 10.6 Å². The second-order valence-corrected chi connectivity index (χ2v) is 20.1. The van der Waals surface area contributed by atoms with Gasteiger partial charge in [-0.05, 0) is 99.1 Å². The molecule has 20 heteroatoms. The topological polar surface area (TPSA) is 198 Å². The van der Waals surface area contributed by atoms with Crippen LogP contribution in [0.4, 0.5) is 24.8 Å². The molecule has 7 heterocycles. The Hall–Kier alpha value is -9.13. The molecule has 14 nitrogen and oxygen atoms in total. The smallest absolute Gasteiger partial charge is 0.182 e. The molecule has 13 rings (SSSR count). The van der Waals surface area contributed by atoms with Crippen LogP contribution < -0.4 is 16.4 Å². The van der Waals surface area contributed by atoms with Crippen LogP contribution in [0.3, 0.4) is 0 Å². The highest BCUT2D eigenvalue weighted by molar-refractivity contribution is 6.36. The fraction of sp³-hybridized carbons (Fsp3) is 0.0984.